The first-order valence-corrected chi connectivity index (χ1v) is 8.21. The van der Waals surface area contributed by atoms with Gasteiger partial charge in [0.05, 0.1) is 16.7 Å². The number of hydrogen-bond acceptors (Lipinski definition) is 2. The van der Waals surface area contributed by atoms with Crippen molar-refractivity contribution < 1.29 is 4.74 Å². The molecule has 1 spiro atoms. The molecule has 3 rings (SSSR count). The number of halogens is 2. The van der Waals surface area contributed by atoms with Gasteiger partial charge in [0.2, 0.25) is 0 Å². The molecule has 1 atom stereocenters. The van der Waals surface area contributed by atoms with Crippen LogP contribution in [-0.4, -0.2) is 18.2 Å². The Morgan fingerprint density at radius 3 is 2.84 bits per heavy atom. The molecule has 1 aliphatic carbocycles. The van der Waals surface area contributed by atoms with Crippen molar-refractivity contribution in [2.75, 3.05) is 11.9 Å². The van der Waals surface area contributed by atoms with Gasteiger partial charge in [-0.2, -0.15) is 0 Å². The molecule has 1 aromatic rings. The van der Waals surface area contributed by atoms with Crippen LogP contribution in [-0.2, 0) is 4.74 Å². The lowest BCUT2D eigenvalue weighted by Gasteiger charge is -2.24. The molecular formula is C15H19BrClNO. The third kappa shape index (κ3) is 3.09. The summed E-state index contributed by atoms with van der Waals surface area (Å²) in [5.41, 5.74) is 1.32. The molecule has 19 heavy (non-hydrogen) atoms. The van der Waals surface area contributed by atoms with E-state index in [1.807, 2.05) is 18.2 Å². The molecule has 4 heteroatoms. The highest BCUT2D eigenvalue weighted by Crippen LogP contribution is 2.43. The first-order valence-electron chi connectivity index (χ1n) is 7.04. The average Bonchev–Trinajstić information content (AvgIpc) is 3.02. The van der Waals surface area contributed by atoms with Gasteiger partial charge in [0.25, 0.3) is 0 Å². The Hall–Kier alpha value is -0.250. The predicted molar refractivity (Wildman–Crippen MR) is 82.9 cm³/mol. The number of benzene rings is 1. The quantitative estimate of drug-likeness (QED) is 0.832. The van der Waals surface area contributed by atoms with E-state index in [2.05, 4.69) is 21.2 Å². The number of ether oxygens (including phenoxy) is 1. The maximum absolute atomic E-state index is 6.29. The summed E-state index contributed by atoms with van der Waals surface area (Å²) in [6.07, 6.45) is 7.97. The Morgan fingerprint density at radius 2 is 2.11 bits per heavy atom. The van der Waals surface area contributed by atoms with Crippen LogP contribution in [0.3, 0.4) is 0 Å². The molecule has 1 N–H and O–H groups in total. The third-order valence-electron chi connectivity index (χ3n) is 4.31. The zero-order valence-electron chi connectivity index (χ0n) is 10.9. The monoisotopic (exact) mass is 343 g/mol. The molecule has 1 heterocycles. The summed E-state index contributed by atoms with van der Waals surface area (Å²) in [4.78, 5) is 0. The van der Waals surface area contributed by atoms with Crippen molar-refractivity contribution in [2.45, 2.75) is 50.2 Å². The molecule has 0 bridgehead atoms. The summed E-state index contributed by atoms with van der Waals surface area (Å²) in [5, 5.41) is 4.19. The summed E-state index contributed by atoms with van der Waals surface area (Å²) in [7, 11) is 0. The second-order valence-electron chi connectivity index (χ2n) is 5.68. The van der Waals surface area contributed by atoms with Gasteiger partial charge in [-0.1, -0.05) is 24.4 Å². The highest BCUT2D eigenvalue weighted by Gasteiger charge is 2.41. The van der Waals surface area contributed by atoms with E-state index in [1.54, 1.807) is 0 Å². The molecular weight excluding hydrogens is 326 g/mol. The lowest BCUT2D eigenvalue weighted by Crippen LogP contribution is -2.27. The van der Waals surface area contributed by atoms with Crippen LogP contribution in [0.15, 0.2) is 22.7 Å². The zero-order chi connectivity index (χ0) is 13.3. The highest BCUT2D eigenvalue weighted by molar-refractivity contribution is 9.10. The third-order valence-corrected chi connectivity index (χ3v) is 5.52. The average molecular weight is 345 g/mol. The van der Waals surface area contributed by atoms with Gasteiger partial charge >= 0.3 is 0 Å². The van der Waals surface area contributed by atoms with Crippen LogP contribution in [0.1, 0.15) is 38.5 Å². The normalized spacial score (nSPS) is 25.1. The van der Waals surface area contributed by atoms with E-state index in [4.69, 9.17) is 16.3 Å². The fourth-order valence-electron chi connectivity index (χ4n) is 3.26. The minimum atomic E-state index is 0.229. The fourth-order valence-corrected chi connectivity index (χ4v) is 3.76. The lowest BCUT2D eigenvalue weighted by molar-refractivity contribution is -0.0307. The van der Waals surface area contributed by atoms with E-state index < -0.39 is 0 Å². The number of hydrogen-bond donors (Lipinski definition) is 1. The molecule has 2 nitrogen and oxygen atoms in total. The second-order valence-corrected chi connectivity index (χ2v) is 6.94. The maximum Gasteiger partial charge on any atom is 0.0756 e. The van der Waals surface area contributed by atoms with E-state index in [-0.39, 0.29) is 5.60 Å². The SMILES string of the molecule is Clc1ccc(NCC2CCC3(CCCC3)O2)cc1Br. The summed E-state index contributed by atoms with van der Waals surface area (Å²) >= 11 is 9.44. The highest BCUT2D eigenvalue weighted by atomic mass is 79.9. The van der Waals surface area contributed by atoms with Gasteiger partial charge in [0.15, 0.2) is 0 Å². The maximum atomic E-state index is 6.29. The van der Waals surface area contributed by atoms with Crippen LogP contribution in [0.25, 0.3) is 0 Å². The Bertz CT molecular complexity index is 459. The summed E-state index contributed by atoms with van der Waals surface area (Å²) < 4.78 is 7.21. The molecule has 1 aliphatic heterocycles. The molecule has 1 aromatic carbocycles. The van der Waals surface area contributed by atoms with Crippen LogP contribution < -0.4 is 5.32 Å². The van der Waals surface area contributed by atoms with Crippen LogP contribution in [0.4, 0.5) is 5.69 Å². The largest absolute Gasteiger partial charge is 0.382 e. The number of nitrogens with one attached hydrogen (secondary N) is 1. The van der Waals surface area contributed by atoms with E-state index in [0.29, 0.717) is 6.10 Å². The van der Waals surface area contributed by atoms with Crippen LogP contribution in [0, 0.1) is 0 Å². The van der Waals surface area contributed by atoms with E-state index >= 15 is 0 Å². The minimum absolute atomic E-state index is 0.229. The van der Waals surface area contributed by atoms with Crippen LogP contribution in [0.2, 0.25) is 5.02 Å². The summed E-state index contributed by atoms with van der Waals surface area (Å²) in [5.74, 6) is 0. The summed E-state index contributed by atoms with van der Waals surface area (Å²) in [6, 6.07) is 5.93. The molecule has 1 unspecified atom stereocenters. The molecule has 104 valence electrons. The van der Waals surface area contributed by atoms with Crippen molar-refractivity contribution >= 4 is 33.2 Å². The Kier molecular flexibility index (Phi) is 4.06. The predicted octanol–water partition coefficient (Wildman–Crippen LogP) is 5.01. The van der Waals surface area contributed by atoms with Gasteiger partial charge in [-0.25, -0.2) is 0 Å². The minimum Gasteiger partial charge on any atom is -0.382 e. The smallest absolute Gasteiger partial charge is 0.0756 e. The lowest BCUT2D eigenvalue weighted by atomic mass is 9.98. The molecule has 1 saturated heterocycles. The van der Waals surface area contributed by atoms with Crippen LogP contribution in [0.5, 0.6) is 0 Å². The van der Waals surface area contributed by atoms with Crippen molar-refractivity contribution in [3.63, 3.8) is 0 Å². The molecule has 0 radical (unpaired) electrons. The van der Waals surface area contributed by atoms with Crippen LogP contribution >= 0.6 is 27.5 Å². The molecule has 2 fully saturated rings. The van der Waals surface area contributed by atoms with Crippen molar-refractivity contribution in [3.05, 3.63) is 27.7 Å². The van der Waals surface area contributed by atoms with Gasteiger partial charge in [0.1, 0.15) is 0 Å². The first kappa shape index (κ1) is 13.7. The van der Waals surface area contributed by atoms with Crippen molar-refractivity contribution in [3.8, 4) is 0 Å². The first-order chi connectivity index (χ1) is 9.17. The molecule has 1 saturated carbocycles. The van der Waals surface area contributed by atoms with Gasteiger partial charge in [0, 0.05) is 16.7 Å². The van der Waals surface area contributed by atoms with Crippen molar-refractivity contribution in [2.24, 2.45) is 0 Å². The molecule has 0 aromatic heterocycles. The zero-order valence-corrected chi connectivity index (χ0v) is 13.3. The van der Waals surface area contributed by atoms with Gasteiger partial charge in [-0.15, -0.1) is 0 Å². The Balaban J connectivity index is 1.54. The molecule has 0 amide bonds. The van der Waals surface area contributed by atoms with Crippen molar-refractivity contribution in [1.82, 2.24) is 0 Å². The summed E-state index contributed by atoms with van der Waals surface area (Å²) in [6.45, 7) is 0.885. The van der Waals surface area contributed by atoms with Gasteiger partial charge in [-0.3, -0.25) is 0 Å². The van der Waals surface area contributed by atoms with E-state index in [1.165, 1.54) is 38.5 Å². The molecule has 2 aliphatic rings. The van der Waals surface area contributed by atoms with E-state index in [9.17, 15) is 0 Å². The standard InChI is InChI=1S/C15H19BrClNO/c16-13-9-11(3-4-14(13)17)18-10-12-5-8-15(19-12)6-1-2-7-15/h3-4,9,12,18H,1-2,5-8,10H2. The second kappa shape index (κ2) is 5.63. The Labute approximate surface area is 128 Å². The Morgan fingerprint density at radius 1 is 1.32 bits per heavy atom. The van der Waals surface area contributed by atoms with E-state index in [0.717, 1.165) is 21.7 Å². The van der Waals surface area contributed by atoms with Crippen molar-refractivity contribution in [1.29, 1.82) is 0 Å². The van der Waals surface area contributed by atoms with Gasteiger partial charge < -0.3 is 10.1 Å². The number of anilines is 1. The number of rotatable bonds is 3. The topological polar surface area (TPSA) is 21.3 Å². The van der Waals surface area contributed by atoms with Gasteiger partial charge in [-0.05, 0) is 59.8 Å². The fraction of sp³-hybridized carbons (Fsp3) is 0.600.